The summed E-state index contributed by atoms with van der Waals surface area (Å²) in [6, 6.07) is 1.35. The quantitative estimate of drug-likeness (QED) is 0.832. The van der Waals surface area contributed by atoms with Gasteiger partial charge in [0.15, 0.2) is 11.6 Å². The van der Waals surface area contributed by atoms with Gasteiger partial charge in [0.25, 0.3) is 5.91 Å². The summed E-state index contributed by atoms with van der Waals surface area (Å²) in [6.45, 7) is 6.25. The molecule has 1 rings (SSSR count). The molecule has 1 atom stereocenters. The zero-order valence-electron chi connectivity index (χ0n) is 11.7. The molecule has 0 aromatic carbocycles. The van der Waals surface area contributed by atoms with Crippen LogP contribution in [0.3, 0.4) is 0 Å². The average molecular weight is 267 g/mol. The molecule has 0 aliphatic carbocycles. The minimum atomic E-state index is -0.755. The van der Waals surface area contributed by atoms with Crippen LogP contribution >= 0.6 is 0 Å². The molecule has 1 aromatic rings. The Morgan fingerprint density at radius 3 is 2.74 bits per heavy atom. The minimum absolute atomic E-state index is 0.0139. The third kappa shape index (κ3) is 4.85. The molecule has 1 amide bonds. The van der Waals surface area contributed by atoms with Crippen LogP contribution in [0.15, 0.2) is 12.3 Å². The number of hydrogen-bond donors (Lipinski definition) is 2. The first-order valence-corrected chi connectivity index (χ1v) is 6.62. The van der Waals surface area contributed by atoms with Gasteiger partial charge >= 0.3 is 0 Å². The van der Waals surface area contributed by atoms with Crippen LogP contribution < -0.4 is 11.1 Å². The lowest BCUT2D eigenvalue weighted by molar-refractivity contribution is 0.0933. The van der Waals surface area contributed by atoms with Crippen LogP contribution in [-0.4, -0.2) is 16.9 Å². The fourth-order valence-electron chi connectivity index (χ4n) is 1.84. The van der Waals surface area contributed by atoms with E-state index < -0.39 is 11.7 Å². The second kappa shape index (κ2) is 7.07. The van der Waals surface area contributed by atoms with Crippen LogP contribution in [0.5, 0.6) is 0 Å². The second-order valence-electron chi connectivity index (χ2n) is 5.26. The van der Waals surface area contributed by atoms with Crippen LogP contribution in [0.2, 0.25) is 0 Å². The van der Waals surface area contributed by atoms with Crippen molar-refractivity contribution in [3.05, 3.63) is 23.6 Å². The van der Waals surface area contributed by atoms with Crippen LogP contribution in [-0.2, 0) is 0 Å². The van der Waals surface area contributed by atoms with E-state index in [1.807, 2.05) is 6.92 Å². The highest BCUT2D eigenvalue weighted by molar-refractivity contribution is 5.95. The smallest absolute Gasteiger partial charge is 0.254 e. The molecule has 0 fully saturated rings. The molecule has 1 aromatic heterocycles. The van der Waals surface area contributed by atoms with Gasteiger partial charge in [-0.1, -0.05) is 26.7 Å². The number of hydrogen-bond acceptors (Lipinski definition) is 3. The summed E-state index contributed by atoms with van der Waals surface area (Å²) in [5.74, 6) is -0.793. The molecular weight excluding hydrogens is 245 g/mol. The van der Waals surface area contributed by atoms with Crippen molar-refractivity contribution in [2.45, 2.75) is 46.1 Å². The molecule has 106 valence electrons. The zero-order chi connectivity index (χ0) is 14.4. The van der Waals surface area contributed by atoms with Gasteiger partial charge < -0.3 is 11.1 Å². The largest absolute Gasteiger partial charge is 0.381 e. The monoisotopic (exact) mass is 267 g/mol. The number of halogens is 1. The van der Waals surface area contributed by atoms with E-state index in [2.05, 4.69) is 24.1 Å². The minimum Gasteiger partial charge on any atom is -0.381 e. The fourth-order valence-corrected chi connectivity index (χ4v) is 1.84. The van der Waals surface area contributed by atoms with Gasteiger partial charge in [-0.05, 0) is 25.3 Å². The highest BCUT2D eigenvalue weighted by Gasteiger charge is 2.16. The molecule has 4 nitrogen and oxygen atoms in total. The first-order chi connectivity index (χ1) is 8.91. The molecule has 19 heavy (non-hydrogen) atoms. The van der Waals surface area contributed by atoms with Crippen molar-refractivity contribution in [2.75, 3.05) is 5.73 Å². The van der Waals surface area contributed by atoms with Crippen molar-refractivity contribution in [1.29, 1.82) is 0 Å². The van der Waals surface area contributed by atoms with E-state index in [1.54, 1.807) is 0 Å². The normalized spacial score (nSPS) is 12.5. The number of anilines is 1. The number of nitrogens with zero attached hydrogens (tertiary/aromatic N) is 1. The lowest BCUT2D eigenvalue weighted by Gasteiger charge is -2.15. The Morgan fingerprint density at radius 1 is 1.42 bits per heavy atom. The molecular formula is C14H22FN3O. The Hall–Kier alpha value is -1.65. The molecule has 0 bridgehead atoms. The highest BCUT2D eigenvalue weighted by Crippen LogP contribution is 2.13. The third-order valence-electron chi connectivity index (χ3n) is 2.96. The number of carbonyl (C=O) groups excluding carboxylic acids is 1. The van der Waals surface area contributed by atoms with Gasteiger partial charge in [0, 0.05) is 12.2 Å². The molecule has 0 radical (unpaired) electrons. The van der Waals surface area contributed by atoms with Gasteiger partial charge in [-0.25, -0.2) is 9.37 Å². The van der Waals surface area contributed by atoms with Crippen LogP contribution in [0.1, 0.15) is 50.4 Å². The Kier molecular flexibility index (Phi) is 5.73. The molecule has 0 saturated heterocycles. The van der Waals surface area contributed by atoms with Crippen molar-refractivity contribution in [3.8, 4) is 0 Å². The van der Waals surface area contributed by atoms with E-state index in [4.69, 9.17) is 5.73 Å². The summed E-state index contributed by atoms with van der Waals surface area (Å²) < 4.78 is 13.6. The van der Waals surface area contributed by atoms with Crippen LogP contribution in [0.25, 0.3) is 0 Å². The van der Waals surface area contributed by atoms with Gasteiger partial charge in [-0.3, -0.25) is 4.79 Å². The van der Waals surface area contributed by atoms with Gasteiger partial charge in [0.2, 0.25) is 0 Å². The average Bonchev–Trinajstić information content (AvgIpc) is 2.31. The van der Waals surface area contributed by atoms with E-state index in [9.17, 15) is 9.18 Å². The van der Waals surface area contributed by atoms with Crippen molar-refractivity contribution < 1.29 is 9.18 Å². The van der Waals surface area contributed by atoms with Crippen molar-refractivity contribution in [1.82, 2.24) is 10.3 Å². The van der Waals surface area contributed by atoms with E-state index in [1.165, 1.54) is 12.3 Å². The Labute approximate surface area is 113 Å². The molecule has 5 heteroatoms. The maximum absolute atomic E-state index is 13.6. The van der Waals surface area contributed by atoms with Crippen molar-refractivity contribution in [3.63, 3.8) is 0 Å². The molecule has 1 unspecified atom stereocenters. The number of amides is 1. The van der Waals surface area contributed by atoms with Crippen molar-refractivity contribution in [2.24, 2.45) is 5.92 Å². The lowest BCUT2D eigenvalue weighted by Crippen LogP contribution is -2.33. The Balaban J connectivity index is 2.52. The Bertz CT molecular complexity index is 435. The number of aromatic nitrogens is 1. The summed E-state index contributed by atoms with van der Waals surface area (Å²) in [4.78, 5) is 15.5. The second-order valence-corrected chi connectivity index (χ2v) is 5.26. The Morgan fingerprint density at radius 2 is 2.11 bits per heavy atom. The van der Waals surface area contributed by atoms with Gasteiger partial charge in [0.1, 0.15) is 0 Å². The molecule has 1 heterocycles. The maximum atomic E-state index is 13.6. The van der Waals surface area contributed by atoms with E-state index in [0.717, 1.165) is 19.3 Å². The molecule has 0 spiro atoms. The number of carbonyl (C=O) groups is 1. The van der Waals surface area contributed by atoms with Gasteiger partial charge in [-0.2, -0.15) is 0 Å². The summed E-state index contributed by atoms with van der Waals surface area (Å²) in [5.41, 5.74) is 5.28. The van der Waals surface area contributed by atoms with Crippen molar-refractivity contribution >= 4 is 11.7 Å². The predicted octanol–water partition coefficient (Wildman–Crippen LogP) is 2.75. The molecule has 0 saturated carbocycles. The highest BCUT2D eigenvalue weighted by atomic mass is 19.1. The first kappa shape index (κ1) is 15.4. The number of pyridine rings is 1. The topological polar surface area (TPSA) is 68.0 Å². The summed E-state index contributed by atoms with van der Waals surface area (Å²) in [7, 11) is 0. The third-order valence-corrected chi connectivity index (χ3v) is 2.96. The summed E-state index contributed by atoms with van der Waals surface area (Å²) in [5, 5.41) is 2.78. The van der Waals surface area contributed by atoms with Crippen LogP contribution in [0.4, 0.5) is 10.2 Å². The fraction of sp³-hybridized carbons (Fsp3) is 0.571. The number of nitrogens with one attached hydrogen (secondary N) is 1. The summed E-state index contributed by atoms with van der Waals surface area (Å²) in [6.07, 6.45) is 4.37. The maximum Gasteiger partial charge on any atom is 0.254 e. The molecule has 0 aliphatic heterocycles. The van der Waals surface area contributed by atoms with E-state index in [-0.39, 0.29) is 17.4 Å². The number of nitrogens with two attached hydrogens (primary N) is 1. The van der Waals surface area contributed by atoms with E-state index in [0.29, 0.717) is 5.92 Å². The standard InChI is InChI=1S/C14H22FN3O/c1-9(2)5-4-6-10(3)18-14(19)11-7-8-17-13(16)12(11)15/h7-10H,4-6H2,1-3H3,(H2,16,17)(H,18,19). The van der Waals surface area contributed by atoms with Gasteiger partial charge in [0.05, 0.1) is 5.56 Å². The van der Waals surface area contributed by atoms with Crippen LogP contribution in [0, 0.1) is 11.7 Å². The molecule has 0 aliphatic rings. The number of nitrogen functional groups attached to an aromatic ring is 1. The predicted molar refractivity (Wildman–Crippen MR) is 74.2 cm³/mol. The first-order valence-electron chi connectivity index (χ1n) is 6.62. The van der Waals surface area contributed by atoms with Gasteiger partial charge in [-0.15, -0.1) is 0 Å². The van der Waals surface area contributed by atoms with E-state index >= 15 is 0 Å². The SMILES string of the molecule is CC(C)CCCC(C)NC(=O)c1ccnc(N)c1F. The zero-order valence-corrected chi connectivity index (χ0v) is 11.7. The summed E-state index contributed by atoms with van der Waals surface area (Å²) >= 11 is 0. The number of rotatable bonds is 6. The molecule has 3 N–H and O–H groups in total. The lowest BCUT2D eigenvalue weighted by atomic mass is 10.0.